The van der Waals surface area contributed by atoms with Gasteiger partial charge >= 0.3 is 0 Å². The van der Waals surface area contributed by atoms with Crippen LogP contribution < -0.4 is 11.3 Å². The molecule has 0 amide bonds. The van der Waals surface area contributed by atoms with E-state index in [0.29, 0.717) is 57.9 Å². The molecule has 8 heteroatoms. The maximum atomic E-state index is 5.44. The third-order valence-electron chi connectivity index (χ3n) is 2.46. The summed E-state index contributed by atoms with van der Waals surface area (Å²) in [6.45, 7) is 5.44. The van der Waals surface area contributed by atoms with Crippen LogP contribution in [0.15, 0.2) is 6.07 Å². The first-order valence-corrected chi connectivity index (χ1v) is 6.79. The minimum Gasteiger partial charge on any atom is -0.382 e. The van der Waals surface area contributed by atoms with Crippen LogP contribution >= 0.6 is 0 Å². The number of aryl methyl sites for hydroxylation is 1. The van der Waals surface area contributed by atoms with Gasteiger partial charge in [0.05, 0.1) is 39.6 Å². The second-order valence-corrected chi connectivity index (χ2v) is 4.23. The first-order valence-electron chi connectivity index (χ1n) is 6.79. The van der Waals surface area contributed by atoms with E-state index < -0.39 is 0 Å². The van der Waals surface area contributed by atoms with E-state index in [1.807, 2.05) is 6.92 Å². The summed E-state index contributed by atoms with van der Waals surface area (Å²) >= 11 is 0. The van der Waals surface area contributed by atoms with Gasteiger partial charge in [-0.1, -0.05) is 0 Å². The van der Waals surface area contributed by atoms with Crippen molar-refractivity contribution in [2.24, 2.45) is 5.84 Å². The number of methoxy groups -OCH3 is 1. The van der Waals surface area contributed by atoms with Crippen molar-refractivity contribution in [1.82, 2.24) is 9.97 Å². The monoisotopic (exact) mass is 300 g/mol. The highest BCUT2D eigenvalue weighted by Crippen LogP contribution is 2.05. The lowest BCUT2D eigenvalue weighted by atomic mass is 10.4. The molecule has 3 N–H and O–H groups in total. The fourth-order valence-electron chi connectivity index (χ4n) is 1.51. The van der Waals surface area contributed by atoms with Crippen molar-refractivity contribution in [2.75, 3.05) is 52.2 Å². The van der Waals surface area contributed by atoms with Gasteiger partial charge in [-0.3, -0.25) is 0 Å². The van der Waals surface area contributed by atoms with Crippen LogP contribution in [0.3, 0.4) is 0 Å². The van der Waals surface area contributed by atoms with E-state index in [-0.39, 0.29) is 0 Å². The number of rotatable bonds is 12. The minimum absolute atomic E-state index is 0.323. The Morgan fingerprint density at radius 2 is 1.62 bits per heavy atom. The largest absolute Gasteiger partial charge is 0.382 e. The summed E-state index contributed by atoms with van der Waals surface area (Å²) in [5.74, 6) is 6.48. The van der Waals surface area contributed by atoms with Crippen molar-refractivity contribution in [3.63, 3.8) is 0 Å². The molecule has 8 nitrogen and oxygen atoms in total. The van der Waals surface area contributed by atoms with E-state index in [0.717, 1.165) is 5.69 Å². The van der Waals surface area contributed by atoms with E-state index >= 15 is 0 Å². The van der Waals surface area contributed by atoms with Crippen LogP contribution in [0, 0.1) is 6.92 Å². The molecule has 120 valence electrons. The molecular formula is C13H24N4O4. The average Bonchev–Trinajstić information content (AvgIpc) is 2.48. The van der Waals surface area contributed by atoms with Gasteiger partial charge in [0.15, 0.2) is 5.82 Å². The molecule has 0 fully saturated rings. The number of ether oxygens (including phenoxy) is 4. The highest BCUT2D eigenvalue weighted by atomic mass is 16.6. The Balaban J connectivity index is 2.03. The summed E-state index contributed by atoms with van der Waals surface area (Å²) < 4.78 is 20.9. The zero-order valence-corrected chi connectivity index (χ0v) is 12.6. The molecule has 0 saturated heterocycles. The molecule has 0 saturated carbocycles. The Morgan fingerprint density at radius 1 is 1.00 bits per heavy atom. The minimum atomic E-state index is 0.323. The lowest BCUT2D eigenvalue weighted by molar-refractivity contribution is 0.0000174. The Hall–Kier alpha value is -1.32. The van der Waals surface area contributed by atoms with Crippen molar-refractivity contribution in [3.8, 4) is 0 Å². The molecule has 0 radical (unpaired) electrons. The Labute approximate surface area is 124 Å². The molecule has 0 atom stereocenters. The summed E-state index contributed by atoms with van der Waals surface area (Å²) in [6, 6.07) is 1.76. The van der Waals surface area contributed by atoms with E-state index in [4.69, 9.17) is 24.8 Å². The van der Waals surface area contributed by atoms with Crippen LogP contribution in [0.4, 0.5) is 5.82 Å². The third kappa shape index (κ3) is 8.53. The summed E-state index contributed by atoms with van der Waals surface area (Å²) in [4.78, 5) is 8.44. The first kappa shape index (κ1) is 17.7. The van der Waals surface area contributed by atoms with Crippen LogP contribution in [0.25, 0.3) is 0 Å². The van der Waals surface area contributed by atoms with Crippen molar-refractivity contribution in [1.29, 1.82) is 0 Å². The number of hydrazine groups is 1. The maximum Gasteiger partial charge on any atom is 0.156 e. The topological polar surface area (TPSA) is 101 Å². The molecule has 1 aromatic heterocycles. The Bertz CT molecular complexity index is 392. The summed E-state index contributed by atoms with van der Waals surface area (Å²) in [5.41, 5.74) is 3.33. The number of hydrogen-bond acceptors (Lipinski definition) is 8. The van der Waals surface area contributed by atoms with E-state index in [2.05, 4.69) is 15.4 Å². The summed E-state index contributed by atoms with van der Waals surface area (Å²) in [7, 11) is 1.64. The second-order valence-electron chi connectivity index (χ2n) is 4.23. The van der Waals surface area contributed by atoms with E-state index in [1.165, 1.54) is 0 Å². The van der Waals surface area contributed by atoms with Crippen LogP contribution in [0.1, 0.15) is 11.5 Å². The highest BCUT2D eigenvalue weighted by molar-refractivity contribution is 5.33. The van der Waals surface area contributed by atoms with Crippen LogP contribution in [0.2, 0.25) is 0 Å². The lowest BCUT2D eigenvalue weighted by Crippen LogP contribution is -2.13. The normalized spacial score (nSPS) is 10.8. The number of nitrogens with zero attached hydrogens (tertiary/aromatic N) is 2. The van der Waals surface area contributed by atoms with Gasteiger partial charge in [0.25, 0.3) is 0 Å². The lowest BCUT2D eigenvalue weighted by Gasteiger charge is -2.07. The van der Waals surface area contributed by atoms with Gasteiger partial charge in [-0.25, -0.2) is 15.8 Å². The molecule has 0 aliphatic rings. The van der Waals surface area contributed by atoms with Gasteiger partial charge in [-0.15, -0.1) is 0 Å². The molecule has 0 aromatic carbocycles. The zero-order valence-electron chi connectivity index (χ0n) is 12.6. The fraction of sp³-hybridized carbons (Fsp3) is 0.692. The number of anilines is 1. The zero-order chi connectivity index (χ0) is 15.3. The maximum absolute atomic E-state index is 5.44. The van der Waals surface area contributed by atoms with Crippen molar-refractivity contribution in [3.05, 3.63) is 17.6 Å². The number of nitrogens with one attached hydrogen (secondary N) is 1. The molecule has 0 aliphatic carbocycles. The van der Waals surface area contributed by atoms with Crippen LogP contribution in [0.5, 0.6) is 0 Å². The molecular weight excluding hydrogens is 276 g/mol. The predicted molar refractivity (Wildman–Crippen MR) is 77.7 cm³/mol. The van der Waals surface area contributed by atoms with E-state index in [1.54, 1.807) is 13.2 Å². The summed E-state index contributed by atoms with van der Waals surface area (Å²) in [6.07, 6.45) is 0. The van der Waals surface area contributed by atoms with Crippen LogP contribution in [-0.4, -0.2) is 56.7 Å². The molecule has 1 rings (SSSR count). The van der Waals surface area contributed by atoms with Crippen molar-refractivity contribution in [2.45, 2.75) is 13.5 Å². The second kappa shape index (κ2) is 11.4. The van der Waals surface area contributed by atoms with Gasteiger partial charge in [-0.05, 0) is 6.92 Å². The van der Waals surface area contributed by atoms with Crippen molar-refractivity contribution >= 4 is 5.82 Å². The molecule has 0 spiro atoms. The van der Waals surface area contributed by atoms with Gasteiger partial charge in [0.1, 0.15) is 12.4 Å². The fourth-order valence-corrected chi connectivity index (χ4v) is 1.51. The number of hydrogen-bond donors (Lipinski definition) is 2. The Kier molecular flexibility index (Phi) is 9.58. The predicted octanol–water partition coefficient (Wildman–Crippen LogP) is 0.267. The molecule has 0 aliphatic heterocycles. The van der Waals surface area contributed by atoms with Gasteiger partial charge in [0, 0.05) is 18.9 Å². The van der Waals surface area contributed by atoms with Crippen molar-refractivity contribution < 1.29 is 18.9 Å². The molecule has 21 heavy (non-hydrogen) atoms. The number of nitrogen functional groups attached to an aromatic ring is 1. The van der Waals surface area contributed by atoms with E-state index in [9.17, 15) is 0 Å². The van der Waals surface area contributed by atoms with Crippen LogP contribution in [-0.2, 0) is 25.6 Å². The SMILES string of the molecule is COCCOCCOCCOCc1nc(C)cc(NN)n1. The van der Waals surface area contributed by atoms with Gasteiger partial charge in [-0.2, -0.15) is 0 Å². The first-order chi connectivity index (χ1) is 10.3. The molecule has 0 unspecified atom stereocenters. The summed E-state index contributed by atoms with van der Waals surface area (Å²) in [5, 5.41) is 0. The smallest absolute Gasteiger partial charge is 0.156 e. The highest BCUT2D eigenvalue weighted by Gasteiger charge is 2.01. The average molecular weight is 300 g/mol. The van der Waals surface area contributed by atoms with Gasteiger partial charge < -0.3 is 24.4 Å². The Morgan fingerprint density at radius 3 is 2.24 bits per heavy atom. The molecule has 1 aromatic rings. The number of nitrogens with two attached hydrogens (primary N) is 1. The molecule has 1 heterocycles. The quantitative estimate of drug-likeness (QED) is 0.322. The standard InChI is InChI=1S/C13H24N4O4/c1-11-9-12(17-14)16-13(15-11)10-21-8-7-20-6-5-19-4-3-18-2/h9H,3-8,10,14H2,1-2H3,(H,15,16,17). The van der Waals surface area contributed by atoms with Gasteiger partial charge in [0.2, 0.25) is 0 Å². The number of aromatic nitrogens is 2. The third-order valence-corrected chi connectivity index (χ3v) is 2.46. The molecule has 0 bridgehead atoms.